The van der Waals surface area contributed by atoms with Crippen LogP contribution >= 0.6 is 0 Å². The molecule has 2 rings (SSSR count). The molecule has 0 atom stereocenters. The molecule has 0 heterocycles. The summed E-state index contributed by atoms with van der Waals surface area (Å²) in [4.78, 5) is 10.8. The lowest BCUT2D eigenvalue weighted by molar-refractivity contribution is 0.0694. The van der Waals surface area contributed by atoms with Crippen LogP contribution in [-0.2, 0) is 10.0 Å². The summed E-state index contributed by atoms with van der Waals surface area (Å²) in [5.74, 6) is -1.17. The molecule has 1 aliphatic carbocycles. The average Bonchev–Trinajstić information content (AvgIpc) is 3.12. The van der Waals surface area contributed by atoms with Gasteiger partial charge in [0.25, 0.3) is 0 Å². The van der Waals surface area contributed by atoms with Crippen molar-refractivity contribution in [2.45, 2.75) is 19.3 Å². The Hall–Kier alpha value is -1.76. The number of phenols is 1. The van der Waals surface area contributed by atoms with Crippen molar-refractivity contribution in [3.63, 3.8) is 0 Å². The molecule has 0 aliphatic heterocycles. The zero-order valence-electron chi connectivity index (χ0n) is 10.2. The third-order valence-electron chi connectivity index (χ3n) is 2.99. The Morgan fingerprint density at radius 2 is 2.05 bits per heavy atom. The monoisotopic (exact) mass is 285 g/mol. The number of carboxylic acids is 1. The normalized spacial score (nSPS) is 15.2. The van der Waals surface area contributed by atoms with Gasteiger partial charge in [0, 0.05) is 5.69 Å². The summed E-state index contributed by atoms with van der Waals surface area (Å²) in [5, 5.41) is 18.2. The van der Waals surface area contributed by atoms with Crippen molar-refractivity contribution in [3.8, 4) is 5.75 Å². The van der Waals surface area contributed by atoms with Gasteiger partial charge in [-0.1, -0.05) is 12.8 Å². The molecule has 0 amide bonds. The van der Waals surface area contributed by atoms with Crippen LogP contribution in [-0.4, -0.2) is 30.4 Å². The molecule has 19 heavy (non-hydrogen) atoms. The van der Waals surface area contributed by atoms with E-state index in [1.54, 1.807) is 0 Å². The maximum atomic E-state index is 11.8. The molecule has 0 bridgehead atoms. The second-order valence-corrected chi connectivity index (χ2v) is 6.53. The number of nitrogens with one attached hydrogen (secondary N) is 1. The van der Waals surface area contributed by atoms with Crippen LogP contribution in [0.1, 0.15) is 29.6 Å². The Bertz CT molecular complexity index is 592. The first-order valence-electron chi connectivity index (χ1n) is 5.94. The molecule has 6 nitrogen and oxygen atoms in total. The predicted octanol–water partition coefficient (Wildman–Crippen LogP) is 1.63. The second kappa shape index (κ2) is 5.08. The number of carbonyl (C=O) groups is 1. The lowest BCUT2D eigenvalue weighted by Crippen LogP contribution is -2.17. The molecule has 3 N–H and O–H groups in total. The van der Waals surface area contributed by atoms with E-state index in [2.05, 4.69) is 4.72 Å². The van der Waals surface area contributed by atoms with E-state index in [9.17, 15) is 18.3 Å². The molecule has 0 spiro atoms. The quantitative estimate of drug-likeness (QED) is 0.689. The van der Waals surface area contributed by atoms with E-state index in [0.29, 0.717) is 12.3 Å². The van der Waals surface area contributed by atoms with E-state index in [4.69, 9.17) is 5.11 Å². The fourth-order valence-corrected chi connectivity index (χ4v) is 2.96. The Balaban J connectivity index is 2.09. The number of hydrogen-bond donors (Lipinski definition) is 3. The van der Waals surface area contributed by atoms with Crippen LogP contribution in [0.5, 0.6) is 5.75 Å². The van der Waals surface area contributed by atoms with Gasteiger partial charge in [0.05, 0.1) is 5.75 Å². The number of hydrogen-bond acceptors (Lipinski definition) is 4. The van der Waals surface area contributed by atoms with E-state index in [1.165, 1.54) is 6.07 Å². The molecule has 0 radical (unpaired) electrons. The summed E-state index contributed by atoms with van der Waals surface area (Å²) in [6.07, 6.45) is 2.79. The summed E-state index contributed by atoms with van der Waals surface area (Å²) in [6, 6.07) is 3.59. The SMILES string of the molecule is O=C(O)c1cc(NS(=O)(=O)CCC2CC2)ccc1O. The minimum absolute atomic E-state index is 0.0287. The van der Waals surface area contributed by atoms with Crippen LogP contribution in [0, 0.1) is 5.92 Å². The first-order chi connectivity index (χ1) is 8.87. The number of aromatic hydroxyl groups is 1. The lowest BCUT2D eigenvalue weighted by atomic mass is 10.2. The molecule has 0 saturated heterocycles. The third-order valence-corrected chi connectivity index (χ3v) is 4.31. The smallest absolute Gasteiger partial charge is 0.339 e. The zero-order valence-corrected chi connectivity index (χ0v) is 11.0. The fraction of sp³-hybridized carbons (Fsp3) is 0.417. The molecule has 104 valence electrons. The third kappa shape index (κ3) is 3.85. The molecule has 0 unspecified atom stereocenters. The molecule has 1 aromatic carbocycles. The standard InChI is InChI=1S/C12H15NO5S/c14-11-4-3-9(7-10(11)12(15)16)13-19(17,18)6-5-8-1-2-8/h3-4,7-8,13-14H,1-2,5-6H2,(H,15,16). The summed E-state index contributed by atoms with van der Waals surface area (Å²) in [5.41, 5.74) is -0.187. The molecular formula is C12H15NO5S. The Morgan fingerprint density at radius 3 is 2.63 bits per heavy atom. The van der Waals surface area contributed by atoms with Crippen LogP contribution in [0.15, 0.2) is 18.2 Å². The first kappa shape index (κ1) is 13.7. The highest BCUT2D eigenvalue weighted by Crippen LogP contribution is 2.32. The maximum absolute atomic E-state index is 11.8. The zero-order chi connectivity index (χ0) is 14.0. The molecule has 1 aromatic rings. The van der Waals surface area contributed by atoms with Gasteiger partial charge in [-0.05, 0) is 30.5 Å². The molecule has 0 aromatic heterocycles. The molecule has 1 saturated carbocycles. The van der Waals surface area contributed by atoms with Crippen molar-refractivity contribution >= 4 is 21.7 Å². The van der Waals surface area contributed by atoms with Gasteiger partial charge in [-0.15, -0.1) is 0 Å². The largest absolute Gasteiger partial charge is 0.507 e. The Morgan fingerprint density at radius 1 is 1.37 bits per heavy atom. The van der Waals surface area contributed by atoms with Gasteiger partial charge >= 0.3 is 5.97 Å². The van der Waals surface area contributed by atoms with Crippen LogP contribution in [0.25, 0.3) is 0 Å². The summed E-state index contributed by atoms with van der Waals surface area (Å²) in [6.45, 7) is 0. The van der Waals surface area contributed by atoms with Gasteiger partial charge < -0.3 is 10.2 Å². The number of aromatic carboxylic acids is 1. The highest BCUT2D eigenvalue weighted by atomic mass is 32.2. The second-order valence-electron chi connectivity index (χ2n) is 4.69. The van der Waals surface area contributed by atoms with Gasteiger partial charge in [0.1, 0.15) is 11.3 Å². The van der Waals surface area contributed by atoms with E-state index in [1.807, 2.05) is 0 Å². The lowest BCUT2D eigenvalue weighted by Gasteiger charge is -2.09. The topological polar surface area (TPSA) is 104 Å². The minimum atomic E-state index is -3.47. The van der Waals surface area contributed by atoms with Gasteiger partial charge in [-0.2, -0.15) is 0 Å². The van der Waals surface area contributed by atoms with Crippen molar-refractivity contribution in [1.82, 2.24) is 0 Å². The highest BCUT2D eigenvalue weighted by molar-refractivity contribution is 7.92. The van der Waals surface area contributed by atoms with Crippen molar-refractivity contribution in [2.75, 3.05) is 10.5 Å². The molecule has 1 aliphatic rings. The fourth-order valence-electron chi connectivity index (χ4n) is 1.73. The molecule has 1 fully saturated rings. The summed E-state index contributed by atoms with van der Waals surface area (Å²) >= 11 is 0. The van der Waals surface area contributed by atoms with Crippen molar-refractivity contribution in [3.05, 3.63) is 23.8 Å². The molecule has 7 heteroatoms. The van der Waals surface area contributed by atoms with E-state index < -0.39 is 21.7 Å². The summed E-state index contributed by atoms with van der Waals surface area (Å²) < 4.78 is 25.9. The van der Waals surface area contributed by atoms with Gasteiger partial charge in [0.15, 0.2) is 0 Å². The van der Waals surface area contributed by atoms with Crippen LogP contribution in [0.4, 0.5) is 5.69 Å². The number of sulfonamides is 1. The minimum Gasteiger partial charge on any atom is -0.507 e. The Kier molecular flexibility index (Phi) is 3.66. The van der Waals surface area contributed by atoms with Gasteiger partial charge in [0.2, 0.25) is 10.0 Å². The van der Waals surface area contributed by atoms with Crippen molar-refractivity contribution in [2.24, 2.45) is 5.92 Å². The van der Waals surface area contributed by atoms with Crippen molar-refractivity contribution < 1.29 is 23.4 Å². The van der Waals surface area contributed by atoms with Gasteiger partial charge in [-0.25, -0.2) is 13.2 Å². The maximum Gasteiger partial charge on any atom is 0.339 e. The Labute approximate surface area is 111 Å². The van der Waals surface area contributed by atoms with Crippen molar-refractivity contribution in [1.29, 1.82) is 0 Å². The number of anilines is 1. The predicted molar refractivity (Wildman–Crippen MR) is 69.8 cm³/mol. The number of rotatable bonds is 6. The van der Waals surface area contributed by atoms with Crippen LogP contribution in [0.2, 0.25) is 0 Å². The van der Waals surface area contributed by atoms with Crippen LogP contribution < -0.4 is 4.72 Å². The first-order valence-corrected chi connectivity index (χ1v) is 7.59. The van der Waals surface area contributed by atoms with Gasteiger partial charge in [-0.3, -0.25) is 4.72 Å². The van der Waals surface area contributed by atoms with Crippen LogP contribution in [0.3, 0.4) is 0 Å². The number of carboxylic acid groups (broad SMARTS) is 1. The van der Waals surface area contributed by atoms with E-state index in [0.717, 1.165) is 25.0 Å². The van der Waals surface area contributed by atoms with E-state index in [-0.39, 0.29) is 17.0 Å². The summed E-state index contributed by atoms with van der Waals surface area (Å²) in [7, 11) is -3.47. The number of benzene rings is 1. The molecular weight excluding hydrogens is 270 g/mol. The average molecular weight is 285 g/mol. The highest BCUT2D eigenvalue weighted by Gasteiger charge is 2.24. The van der Waals surface area contributed by atoms with E-state index >= 15 is 0 Å².